The van der Waals surface area contributed by atoms with Crippen LogP contribution < -0.4 is 4.74 Å². The molecule has 2 saturated heterocycles. The summed E-state index contributed by atoms with van der Waals surface area (Å²) in [7, 11) is 3.89. The van der Waals surface area contributed by atoms with Gasteiger partial charge in [-0.15, -0.1) is 0 Å². The third kappa shape index (κ3) is 2.11. The van der Waals surface area contributed by atoms with Gasteiger partial charge in [-0.05, 0) is 31.2 Å². The molecule has 1 aromatic rings. The van der Waals surface area contributed by atoms with Crippen LogP contribution >= 0.6 is 11.6 Å². The van der Waals surface area contributed by atoms with Crippen molar-refractivity contribution in [3.05, 3.63) is 28.8 Å². The van der Waals surface area contributed by atoms with Crippen LogP contribution in [-0.4, -0.2) is 49.1 Å². The summed E-state index contributed by atoms with van der Waals surface area (Å²) in [6, 6.07) is 7.56. The number of hydrogen-bond donors (Lipinski definition) is 0. The number of likely N-dealkylation sites (tertiary alicyclic amines) is 2. The van der Waals surface area contributed by atoms with E-state index in [0.717, 1.165) is 24.4 Å². The van der Waals surface area contributed by atoms with E-state index in [0.29, 0.717) is 5.02 Å². The lowest BCUT2D eigenvalue weighted by Gasteiger charge is -2.31. The average molecular weight is 267 g/mol. The third-order valence-corrected chi connectivity index (χ3v) is 4.54. The summed E-state index contributed by atoms with van der Waals surface area (Å²) in [5.74, 6) is 0.774. The highest BCUT2D eigenvalue weighted by Gasteiger charge is 2.40. The Morgan fingerprint density at radius 1 is 1.33 bits per heavy atom. The van der Waals surface area contributed by atoms with Gasteiger partial charge in [-0.3, -0.25) is 4.90 Å². The highest BCUT2D eigenvalue weighted by Crippen LogP contribution is 2.32. The van der Waals surface area contributed by atoms with Gasteiger partial charge in [0.05, 0.1) is 12.1 Å². The molecule has 0 saturated carbocycles. The van der Waals surface area contributed by atoms with E-state index in [4.69, 9.17) is 16.3 Å². The lowest BCUT2D eigenvalue weighted by Crippen LogP contribution is -2.43. The molecule has 98 valence electrons. The normalized spacial score (nSPS) is 27.9. The van der Waals surface area contributed by atoms with Crippen LogP contribution in [0, 0.1) is 0 Å². The van der Waals surface area contributed by atoms with E-state index >= 15 is 0 Å². The Hall–Kier alpha value is -0.770. The van der Waals surface area contributed by atoms with Crippen LogP contribution in [0.4, 0.5) is 0 Å². The van der Waals surface area contributed by atoms with Gasteiger partial charge in [0.25, 0.3) is 0 Å². The van der Waals surface area contributed by atoms with Crippen molar-refractivity contribution in [1.29, 1.82) is 0 Å². The van der Waals surface area contributed by atoms with Crippen LogP contribution in [0.15, 0.2) is 18.2 Å². The number of benzene rings is 1. The fraction of sp³-hybridized carbons (Fsp3) is 0.571. The number of fused-ring (bicyclic) bond motifs is 2. The Morgan fingerprint density at radius 2 is 2.17 bits per heavy atom. The van der Waals surface area contributed by atoms with Crippen molar-refractivity contribution >= 4 is 11.6 Å². The predicted octanol–water partition coefficient (Wildman–Crippen LogP) is 2.24. The minimum Gasteiger partial charge on any atom is -0.495 e. The number of nitrogens with zero attached hydrogens (tertiary/aromatic N) is 2. The summed E-state index contributed by atoms with van der Waals surface area (Å²) in [5, 5.41) is 0.684. The Bertz CT molecular complexity index is 449. The fourth-order valence-electron chi connectivity index (χ4n) is 3.18. The second-order valence-electron chi connectivity index (χ2n) is 5.38. The van der Waals surface area contributed by atoms with E-state index in [1.54, 1.807) is 7.11 Å². The molecule has 1 aromatic carbocycles. The lowest BCUT2D eigenvalue weighted by molar-refractivity contribution is 0.143. The van der Waals surface area contributed by atoms with Gasteiger partial charge in [-0.1, -0.05) is 17.7 Å². The molecule has 4 heteroatoms. The molecule has 2 heterocycles. The Morgan fingerprint density at radius 3 is 2.78 bits per heavy atom. The molecule has 2 atom stereocenters. The molecular weight excluding hydrogens is 248 g/mol. The van der Waals surface area contributed by atoms with Gasteiger partial charge in [0.15, 0.2) is 0 Å². The third-order valence-electron chi connectivity index (χ3n) is 4.23. The summed E-state index contributed by atoms with van der Waals surface area (Å²) in [5.41, 5.74) is 1.28. The van der Waals surface area contributed by atoms with Crippen molar-refractivity contribution in [2.75, 3.05) is 27.2 Å². The molecular formula is C14H19ClN2O. The van der Waals surface area contributed by atoms with Crippen molar-refractivity contribution in [3.63, 3.8) is 0 Å². The van der Waals surface area contributed by atoms with E-state index in [1.807, 2.05) is 6.07 Å². The predicted molar refractivity (Wildman–Crippen MR) is 73.2 cm³/mol. The van der Waals surface area contributed by atoms with Crippen LogP contribution in [0.2, 0.25) is 5.02 Å². The van der Waals surface area contributed by atoms with Gasteiger partial charge in [0.1, 0.15) is 5.75 Å². The second kappa shape index (κ2) is 4.72. The summed E-state index contributed by atoms with van der Waals surface area (Å²) >= 11 is 6.05. The van der Waals surface area contributed by atoms with Crippen molar-refractivity contribution in [1.82, 2.24) is 9.80 Å². The number of likely N-dealkylation sites (N-methyl/N-ethyl adjacent to an activating group) is 1. The van der Waals surface area contributed by atoms with Gasteiger partial charge >= 0.3 is 0 Å². The molecule has 0 aromatic heterocycles. The number of halogens is 1. The van der Waals surface area contributed by atoms with Gasteiger partial charge in [-0.2, -0.15) is 0 Å². The molecule has 0 N–H and O–H groups in total. The van der Waals surface area contributed by atoms with Crippen LogP contribution in [0.5, 0.6) is 5.75 Å². The minimum absolute atomic E-state index is 0.684. The van der Waals surface area contributed by atoms with E-state index in [9.17, 15) is 0 Å². The van der Waals surface area contributed by atoms with Crippen molar-refractivity contribution < 1.29 is 4.74 Å². The Balaban J connectivity index is 1.71. The number of rotatable bonds is 3. The zero-order valence-electron chi connectivity index (χ0n) is 10.9. The van der Waals surface area contributed by atoms with E-state index < -0.39 is 0 Å². The topological polar surface area (TPSA) is 15.7 Å². The highest BCUT2D eigenvalue weighted by atomic mass is 35.5. The largest absolute Gasteiger partial charge is 0.495 e. The number of hydrogen-bond acceptors (Lipinski definition) is 3. The van der Waals surface area contributed by atoms with Crippen molar-refractivity contribution in [2.24, 2.45) is 0 Å². The molecule has 2 unspecified atom stereocenters. The first-order valence-corrected chi connectivity index (χ1v) is 6.82. The molecule has 18 heavy (non-hydrogen) atoms. The summed E-state index contributed by atoms with van der Waals surface area (Å²) in [6.07, 6.45) is 1.32. The maximum absolute atomic E-state index is 6.05. The summed E-state index contributed by atoms with van der Waals surface area (Å²) in [6.45, 7) is 3.39. The lowest BCUT2D eigenvalue weighted by atomic mass is 10.2. The molecule has 2 aliphatic heterocycles. The highest BCUT2D eigenvalue weighted by molar-refractivity contribution is 6.32. The van der Waals surface area contributed by atoms with Crippen LogP contribution in [0.3, 0.4) is 0 Å². The first-order chi connectivity index (χ1) is 8.67. The number of ether oxygens (including phenoxy) is 1. The first-order valence-electron chi connectivity index (χ1n) is 6.44. The fourth-order valence-corrected chi connectivity index (χ4v) is 3.37. The van der Waals surface area contributed by atoms with E-state index in [2.05, 4.69) is 29.0 Å². The van der Waals surface area contributed by atoms with Crippen molar-refractivity contribution in [2.45, 2.75) is 25.0 Å². The maximum Gasteiger partial charge on any atom is 0.137 e. The summed E-state index contributed by atoms with van der Waals surface area (Å²) < 4.78 is 5.27. The molecule has 0 amide bonds. The van der Waals surface area contributed by atoms with Gasteiger partial charge in [0, 0.05) is 31.7 Å². The van der Waals surface area contributed by atoms with E-state index in [-0.39, 0.29) is 0 Å². The minimum atomic E-state index is 0.684. The molecule has 2 bridgehead atoms. The monoisotopic (exact) mass is 266 g/mol. The van der Waals surface area contributed by atoms with Gasteiger partial charge in [0.2, 0.25) is 0 Å². The van der Waals surface area contributed by atoms with Crippen LogP contribution in [0.25, 0.3) is 0 Å². The molecule has 3 rings (SSSR count). The number of piperazine rings is 1. The maximum atomic E-state index is 6.05. The average Bonchev–Trinajstić information content (AvgIpc) is 2.90. The molecule has 2 fully saturated rings. The number of methoxy groups -OCH3 is 1. The summed E-state index contributed by atoms with van der Waals surface area (Å²) in [4.78, 5) is 5.05. The molecule has 2 aliphatic rings. The van der Waals surface area contributed by atoms with Gasteiger partial charge in [-0.25, -0.2) is 0 Å². The van der Waals surface area contributed by atoms with Crippen molar-refractivity contribution in [3.8, 4) is 5.75 Å². The molecule has 3 nitrogen and oxygen atoms in total. The van der Waals surface area contributed by atoms with Gasteiger partial charge < -0.3 is 9.64 Å². The second-order valence-corrected chi connectivity index (χ2v) is 5.79. The Kier molecular flexibility index (Phi) is 3.22. The molecule has 0 spiro atoms. The van der Waals surface area contributed by atoms with E-state index in [1.165, 1.54) is 25.1 Å². The molecule has 0 radical (unpaired) electrons. The zero-order valence-corrected chi connectivity index (χ0v) is 11.7. The first kappa shape index (κ1) is 12.3. The zero-order chi connectivity index (χ0) is 12.7. The quantitative estimate of drug-likeness (QED) is 0.835. The van der Waals surface area contributed by atoms with Crippen LogP contribution in [-0.2, 0) is 6.54 Å². The Labute approximate surface area is 113 Å². The standard InChI is InChI=1S/C14H19ClN2O/c1-16-8-12-6-11(16)9-17(12)7-10-3-4-13(15)14(5-10)18-2/h3-5,11-12H,6-9H2,1-2H3. The smallest absolute Gasteiger partial charge is 0.137 e. The SMILES string of the molecule is COc1cc(CN2CC3CC2CN3C)ccc1Cl. The van der Waals surface area contributed by atoms with Crippen LogP contribution in [0.1, 0.15) is 12.0 Å². The molecule has 0 aliphatic carbocycles.